The van der Waals surface area contributed by atoms with Gasteiger partial charge in [0, 0.05) is 6.42 Å². The van der Waals surface area contributed by atoms with E-state index in [-0.39, 0.29) is 5.91 Å². The predicted molar refractivity (Wildman–Crippen MR) is 69.2 cm³/mol. The van der Waals surface area contributed by atoms with Crippen molar-refractivity contribution in [3.8, 4) is 0 Å². The summed E-state index contributed by atoms with van der Waals surface area (Å²) in [5, 5.41) is 11.1. The highest BCUT2D eigenvalue weighted by atomic mass is 16.4. The zero-order valence-electron chi connectivity index (χ0n) is 10.6. The van der Waals surface area contributed by atoms with Crippen molar-refractivity contribution in [2.24, 2.45) is 0 Å². The highest BCUT2D eigenvalue weighted by Crippen LogP contribution is 2.06. The van der Waals surface area contributed by atoms with Gasteiger partial charge in [0.25, 0.3) is 0 Å². The second-order valence-electron chi connectivity index (χ2n) is 4.32. The van der Waals surface area contributed by atoms with Gasteiger partial charge >= 0.3 is 5.97 Å². The summed E-state index contributed by atoms with van der Waals surface area (Å²) in [6.45, 7) is 1.46. The largest absolute Gasteiger partial charge is 0.480 e. The van der Waals surface area contributed by atoms with Crippen LogP contribution in [0.25, 0.3) is 0 Å². The molecule has 1 rings (SSSR count). The van der Waals surface area contributed by atoms with Crippen LogP contribution in [0.4, 0.5) is 0 Å². The van der Waals surface area contributed by atoms with Crippen LogP contribution < -0.4 is 5.32 Å². The molecular formula is C14H19NO3. The standard InChI is InChI=1S/C14H19NO3/c1-11(14(17)18)15-13(16)10-6-5-9-12-7-3-2-4-8-12/h2-4,7-8,11H,5-6,9-10H2,1H3,(H,15,16)(H,17,18). The number of unbranched alkanes of at least 4 members (excludes halogenated alkanes) is 1. The Hall–Kier alpha value is -1.84. The molecule has 0 aliphatic heterocycles. The molecule has 0 fully saturated rings. The second-order valence-corrected chi connectivity index (χ2v) is 4.32. The van der Waals surface area contributed by atoms with Crippen LogP contribution in [-0.2, 0) is 16.0 Å². The van der Waals surface area contributed by atoms with E-state index in [1.54, 1.807) is 0 Å². The summed E-state index contributed by atoms with van der Waals surface area (Å²) in [6, 6.07) is 9.28. The molecule has 0 saturated carbocycles. The Kier molecular flexibility index (Phi) is 5.91. The highest BCUT2D eigenvalue weighted by Gasteiger charge is 2.12. The molecule has 0 saturated heterocycles. The first-order chi connectivity index (χ1) is 8.59. The van der Waals surface area contributed by atoms with Gasteiger partial charge in [0.05, 0.1) is 0 Å². The maximum absolute atomic E-state index is 11.4. The van der Waals surface area contributed by atoms with E-state index in [2.05, 4.69) is 17.4 Å². The third kappa shape index (κ3) is 5.48. The van der Waals surface area contributed by atoms with E-state index in [0.29, 0.717) is 6.42 Å². The monoisotopic (exact) mass is 249 g/mol. The van der Waals surface area contributed by atoms with Gasteiger partial charge in [-0.3, -0.25) is 9.59 Å². The van der Waals surface area contributed by atoms with Crippen LogP contribution in [0.3, 0.4) is 0 Å². The van der Waals surface area contributed by atoms with Crippen LogP contribution in [0.2, 0.25) is 0 Å². The van der Waals surface area contributed by atoms with Gasteiger partial charge in [-0.1, -0.05) is 30.3 Å². The molecule has 1 atom stereocenters. The molecule has 98 valence electrons. The van der Waals surface area contributed by atoms with Crippen LogP contribution in [-0.4, -0.2) is 23.0 Å². The smallest absolute Gasteiger partial charge is 0.325 e. The van der Waals surface area contributed by atoms with Crippen molar-refractivity contribution in [2.45, 2.75) is 38.6 Å². The molecule has 1 aromatic carbocycles. The minimum atomic E-state index is -1.01. The van der Waals surface area contributed by atoms with Crippen molar-refractivity contribution >= 4 is 11.9 Å². The maximum Gasteiger partial charge on any atom is 0.325 e. The van der Waals surface area contributed by atoms with Crippen LogP contribution >= 0.6 is 0 Å². The molecule has 1 amide bonds. The van der Waals surface area contributed by atoms with Crippen molar-refractivity contribution in [3.05, 3.63) is 35.9 Å². The number of hydrogen-bond acceptors (Lipinski definition) is 2. The van der Waals surface area contributed by atoms with Crippen molar-refractivity contribution in [1.82, 2.24) is 5.32 Å². The predicted octanol–water partition coefficient (Wildman–Crippen LogP) is 1.99. The van der Waals surface area contributed by atoms with Gasteiger partial charge in [-0.2, -0.15) is 0 Å². The average Bonchev–Trinajstić information content (AvgIpc) is 2.35. The number of carbonyl (C=O) groups excluding carboxylic acids is 1. The van der Waals surface area contributed by atoms with E-state index in [9.17, 15) is 9.59 Å². The zero-order chi connectivity index (χ0) is 13.4. The minimum Gasteiger partial charge on any atom is -0.480 e. The molecular weight excluding hydrogens is 230 g/mol. The molecule has 0 bridgehead atoms. The number of benzene rings is 1. The normalized spacial score (nSPS) is 11.8. The fourth-order valence-electron chi connectivity index (χ4n) is 1.63. The Morgan fingerprint density at radius 3 is 2.50 bits per heavy atom. The number of rotatable bonds is 7. The number of nitrogens with one attached hydrogen (secondary N) is 1. The summed E-state index contributed by atoms with van der Waals surface area (Å²) in [7, 11) is 0. The Morgan fingerprint density at radius 2 is 1.89 bits per heavy atom. The molecule has 1 unspecified atom stereocenters. The van der Waals surface area contributed by atoms with Crippen LogP contribution in [0.1, 0.15) is 31.7 Å². The van der Waals surface area contributed by atoms with E-state index in [0.717, 1.165) is 19.3 Å². The molecule has 0 spiro atoms. The van der Waals surface area contributed by atoms with Gasteiger partial charge in [0.2, 0.25) is 5.91 Å². The Bertz CT molecular complexity index is 389. The zero-order valence-corrected chi connectivity index (χ0v) is 10.6. The van der Waals surface area contributed by atoms with Crippen LogP contribution in [0, 0.1) is 0 Å². The number of carboxylic acids is 1. The molecule has 4 nitrogen and oxygen atoms in total. The van der Waals surface area contributed by atoms with E-state index >= 15 is 0 Å². The quantitative estimate of drug-likeness (QED) is 0.726. The third-order valence-electron chi connectivity index (χ3n) is 2.71. The van der Waals surface area contributed by atoms with Crippen LogP contribution in [0.15, 0.2) is 30.3 Å². The number of aryl methyl sites for hydroxylation is 1. The lowest BCUT2D eigenvalue weighted by Crippen LogP contribution is -2.38. The van der Waals surface area contributed by atoms with Crippen molar-refractivity contribution in [3.63, 3.8) is 0 Å². The Labute approximate surface area is 107 Å². The average molecular weight is 249 g/mol. The molecule has 0 aliphatic carbocycles. The van der Waals surface area contributed by atoms with Gasteiger partial charge in [-0.25, -0.2) is 0 Å². The fraction of sp³-hybridized carbons (Fsp3) is 0.429. The first-order valence-electron chi connectivity index (χ1n) is 6.15. The highest BCUT2D eigenvalue weighted by molar-refractivity contribution is 5.83. The summed E-state index contributed by atoms with van der Waals surface area (Å²) in [5.74, 6) is -1.20. The number of hydrogen-bond donors (Lipinski definition) is 2. The first-order valence-corrected chi connectivity index (χ1v) is 6.15. The van der Waals surface area contributed by atoms with E-state index in [1.807, 2.05) is 18.2 Å². The first kappa shape index (κ1) is 14.2. The molecule has 18 heavy (non-hydrogen) atoms. The Balaban J connectivity index is 2.14. The third-order valence-corrected chi connectivity index (χ3v) is 2.71. The number of amides is 1. The van der Waals surface area contributed by atoms with Gasteiger partial charge in [-0.05, 0) is 31.7 Å². The summed E-state index contributed by atoms with van der Waals surface area (Å²) < 4.78 is 0. The Morgan fingerprint density at radius 1 is 1.22 bits per heavy atom. The van der Waals surface area contributed by atoms with E-state index in [4.69, 9.17) is 5.11 Å². The molecule has 4 heteroatoms. The molecule has 0 aliphatic rings. The van der Waals surface area contributed by atoms with Gasteiger partial charge < -0.3 is 10.4 Å². The second kappa shape index (κ2) is 7.48. The van der Waals surface area contributed by atoms with Crippen molar-refractivity contribution in [1.29, 1.82) is 0 Å². The summed E-state index contributed by atoms with van der Waals surface area (Å²) in [4.78, 5) is 21.9. The maximum atomic E-state index is 11.4. The molecule has 0 heterocycles. The van der Waals surface area contributed by atoms with Crippen molar-refractivity contribution in [2.75, 3.05) is 0 Å². The lowest BCUT2D eigenvalue weighted by Gasteiger charge is -2.08. The summed E-state index contributed by atoms with van der Waals surface area (Å²) in [6.07, 6.45) is 3.03. The molecule has 0 aromatic heterocycles. The lowest BCUT2D eigenvalue weighted by molar-refractivity contribution is -0.141. The van der Waals surface area contributed by atoms with Gasteiger partial charge in [0.1, 0.15) is 6.04 Å². The number of carbonyl (C=O) groups is 2. The topological polar surface area (TPSA) is 66.4 Å². The van der Waals surface area contributed by atoms with E-state index < -0.39 is 12.0 Å². The van der Waals surface area contributed by atoms with Gasteiger partial charge in [0.15, 0.2) is 0 Å². The molecule has 0 radical (unpaired) electrons. The minimum absolute atomic E-state index is 0.196. The van der Waals surface area contributed by atoms with E-state index in [1.165, 1.54) is 12.5 Å². The SMILES string of the molecule is CC(NC(=O)CCCCc1ccccc1)C(=O)O. The lowest BCUT2D eigenvalue weighted by atomic mass is 10.1. The number of aliphatic carboxylic acids is 1. The van der Waals surface area contributed by atoms with Gasteiger partial charge in [-0.15, -0.1) is 0 Å². The molecule has 1 aromatic rings. The summed E-state index contributed by atoms with van der Waals surface area (Å²) in [5.41, 5.74) is 1.26. The number of carboxylic acid groups (broad SMARTS) is 1. The van der Waals surface area contributed by atoms with Crippen LogP contribution in [0.5, 0.6) is 0 Å². The summed E-state index contributed by atoms with van der Waals surface area (Å²) >= 11 is 0. The molecule has 2 N–H and O–H groups in total. The fourth-order valence-corrected chi connectivity index (χ4v) is 1.63. The van der Waals surface area contributed by atoms with Crippen molar-refractivity contribution < 1.29 is 14.7 Å².